The van der Waals surface area contributed by atoms with Crippen molar-refractivity contribution in [2.24, 2.45) is 0 Å². The van der Waals surface area contributed by atoms with Gasteiger partial charge in [0.25, 0.3) is 5.91 Å². The third-order valence-corrected chi connectivity index (χ3v) is 9.35. The minimum Gasteiger partial charge on any atom is -0.497 e. The molecule has 9 rings (SSSR count). The van der Waals surface area contributed by atoms with Crippen LogP contribution in [0.2, 0.25) is 0 Å². The van der Waals surface area contributed by atoms with E-state index in [1.807, 2.05) is 48.5 Å². The van der Waals surface area contributed by atoms with E-state index in [0.717, 1.165) is 61.3 Å². The van der Waals surface area contributed by atoms with Gasteiger partial charge in [0.05, 0.1) is 29.7 Å². The predicted octanol–water partition coefficient (Wildman–Crippen LogP) is 6.02. The van der Waals surface area contributed by atoms with E-state index in [0.29, 0.717) is 17.5 Å². The Morgan fingerprint density at radius 2 is 1.50 bits per heavy atom. The topological polar surface area (TPSA) is 76.7 Å². The zero-order chi connectivity index (χ0) is 26.9. The number of hydrogen-bond acceptors (Lipinski definition) is 4. The number of nitrogens with zero attached hydrogens (tertiary/aromatic N) is 3. The normalized spacial score (nSPS) is 21.4. The van der Waals surface area contributed by atoms with Gasteiger partial charge in [0.1, 0.15) is 5.75 Å². The lowest BCUT2D eigenvalue weighted by atomic mass is 9.96. The van der Waals surface area contributed by atoms with Gasteiger partial charge >= 0.3 is 0 Å². The number of fused-ring (bicyclic) bond motifs is 13. The van der Waals surface area contributed by atoms with Crippen molar-refractivity contribution in [1.29, 1.82) is 0 Å². The van der Waals surface area contributed by atoms with Crippen molar-refractivity contribution in [3.05, 3.63) is 89.5 Å². The maximum Gasteiger partial charge on any atom is 0.257 e. The molecule has 1 aliphatic carbocycles. The molecule has 6 aromatic rings. The molecule has 196 valence electrons. The zero-order valence-electron chi connectivity index (χ0n) is 21.8. The number of carbonyl (C=O) groups is 2. The lowest BCUT2D eigenvalue weighted by Gasteiger charge is -2.21. The molecule has 4 aromatic carbocycles. The number of rotatable bonds is 3. The van der Waals surface area contributed by atoms with Crippen LogP contribution in [0, 0.1) is 0 Å². The van der Waals surface area contributed by atoms with Crippen LogP contribution in [0.15, 0.2) is 72.8 Å². The minimum absolute atomic E-state index is 0.0247. The molecule has 0 saturated heterocycles. The van der Waals surface area contributed by atoms with E-state index in [1.54, 1.807) is 12.0 Å². The summed E-state index contributed by atoms with van der Waals surface area (Å²) in [5.41, 5.74) is 6.07. The summed E-state index contributed by atoms with van der Waals surface area (Å²) in [6.45, 7) is 0.267. The Balaban J connectivity index is 1.43. The van der Waals surface area contributed by atoms with Crippen molar-refractivity contribution in [3.63, 3.8) is 0 Å². The molecule has 3 atom stereocenters. The van der Waals surface area contributed by atoms with Crippen LogP contribution in [0.4, 0.5) is 0 Å². The molecule has 2 aromatic heterocycles. The molecule has 1 fully saturated rings. The Morgan fingerprint density at radius 1 is 0.850 bits per heavy atom. The summed E-state index contributed by atoms with van der Waals surface area (Å²) < 4.78 is 9.83. The largest absolute Gasteiger partial charge is 0.497 e. The zero-order valence-corrected chi connectivity index (χ0v) is 21.8. The quantitative estimate of drug-likeness (QED) is 0.306. The Bertz CT molecular complexity index is 2100. The van der Waals surface area contributed by atoms with Gasteiger partial charge in [0.2, 0.25) is 0 Å². The lowest BCUT2D eigenvalue weighted by Crippen LogP contribution is -2.27. The molecular formula is C33H25N3O4. The van der Waals surface area contributed by atoms with Gasteiger partial charge in [-0.1, -0.05) is 48.5 Å². The van der Waals surface area contributed by atoms with Crippen LogP contribution in [0.25, 0.3) is 43.6 Å². The van der Waals surface area contributed by atoms with Gasteiger partial charge in [0, 0.05) is 57.1 Å². The average Bonchev–Trinajstić information content (AvgIpc) is 3.65. The summed E-state index contributed by atoms with van der Waals surface area (Å²) in [4.78, 5) is 29.4. The molecule has 3 aliphatic rings. The summed E-state index contributed by atoms with van der Waals surface area (Å²) in [5.74, 6) is 0.802. The third-order valence-electron chi connectivity index (χ3n) is 9.35. The first-order valence-electron chi connectivity index (χ1n) is 13.7. The highest BCUT2D eigenvalue weighted by Gasteiger charge is 2.46. The molecule has 1 N–H and O–H groups in total. The molecule has 7 heteroatoms. The molecular weight excluding hydrogens is 502 g/mol. The molecule has 1 amide bonds. The van der Waals surface area contributed by atoms with E-state index in [9.17, 15) is 14.7 Å². The lowest BCUT2D eigenvalue weighted by molar-refractivity contribution is -0.120. The van der Waals surface area contributed by atoms with Gasteiger partial charge in [-0.05, 0) is 36.2 Å². The minimum atomic E-state index is -1.12. The molecule has 7 nitrogen and oxygen atoms in total. The second kappa shape index (κ2) is 7.52. The Hall–Kier alpha value is -4.62. The number of aliphatic hydroxyl groups excluding tert-OH is 1. The summed E-state index contributed by atoms with van der Waals surface area (Å²) in [5, 5.41) is 15.6. The number of methoxy groups -OCH3 is 1. The molecule has 0 spiro atoms. The van der Waals surface area contributed by atoms with Gasteiger partial charge in [-0.15, -0.1) is 0 Å². The molecule has 0 radical (unpaired) electrons. The molecule has 3 unspecified atom stereocenters. The number of carbonyl (C=O) groups excluding carboxylic acids is 2. The first-order chi connectivity index (χ1) is 19.6. The fraction of sp³-hybridized carbons (Fsp3) is 0.212. The fourth-order valence-corrected chi connectivity index (χ4v) is 7.74. The van der Waals surface area contributed by atoms with Gasteiger partial charge in [-0.2, -0.15) is 0 Å². The average molecular weight is 528 g/mol. The van der Waals surface area contributed by atoms with Crippen molar-refractivity contribution in [2.45, 2.75) is 37.7 Å². The van der Waals surface area contributed by atoms with Gasteiger partial charge in [0.15, 0.2) is 12.0 Å². The summed E-state index contributed by atoms with van der Waals surface area (Å²) in [7, 11) is 1.62. The number of amides is 1. The smallest absolute Gasteiger partial charge is 0.257 e. The number of hydrogen-bond donors (Lipinski definition) is 1. The van der Waals surface area contributed by atoms with E-state index in [1.165, 1.54) is 0 Å². The number of ether oxygens (including phenoxy) is 1. The number of benzene rings is 4. The van der Waals surface area contributed by atoms with E-state index in [4.69, 9.17) is 4.74 Å². The van der Waals surface area contributed by atoms with Crippen LogP contribution in [0.1, 0.15) is 52.6 Å². The van der Waals surface area contributed by atoms with E-state index in [2.05, 4.69) is 33.4 Å². The number of Topliss-reactive ketones (excluding diaryl/α,β-unsaturated/α-hetero) is 1. The highest BCUT2D eigenvalue weighted by atomic mass is 16.5. The van der Waals surface area contributed by atoms with E-state index < -0.39 is 6.23 Å². The number of aromatic nitrogens is 2. The first kappa shape index (κ1) is 22.2. The van der Waals surface area contributed by atoms with Crippen LogP contribution in [0.5, 0.6) is 5.75 Å². The maximum atomic E-state index is 14.4. The highest BCUT2D eigenvalue weighted by Crippen LogP contribution is 2.54. The van der Waals surface area contributed by atoms with E-state index >= 15 is 0 Å². The first-order valence-corrected chi connectivity index (χ1v) is 13.7. The van der Waals surface area contributed by atoms with Crippen molar-refractivity contribution < 1.29 is 19.4 Å². The van der Waals surface area contributed by atoms with E-state index in [-0.39, 0.29) is 30.3 Å². The van der Waals surface area contributed by atoms with Gasteiger partial charge in [-0.25, -0.2) is 0 Å². The van der Waals surface area contributed by atoms with Crippen LogP contribution in [-0.4, -0.2) is 37.9 Å². The van der Waals surface area contributed by atoms with Gasteiger partial charge in [-0.3, -0.25) is 9.59 Å². The summed E-state index contributed by atoms with van der Waals surface area (Å²) in [6, 6.07) is 23.6. The van der Waals surface area contributed by atoms with Crippen molar-refractivity contribution in [1.82, 2.24) is 14.0 Å². The standard InChI is InChI=1S/C33H25N3O4/c1-40-19-12-10-17(11-13-19)16-34-32(38)28-26-20-6-2-4-8-22(20)35-18-14-24(25(37)15-18)36-23-9-5-3-7-21(23)27(29(28)33(34)39)31(36)30(26)35/h2-13,18,24,33,39H,14-16H2,1H3. The number of para-hydroxylation sites is 2. The monoisotopic (exact) mass is 527 g/mol. The van der Waals surface area contributed by atoms with Crippen LogP contribution in [-0.2, 0) is 11.3 Å². The second-order valence-electron chi connectivity index (χ2n) is 11.2. The molecule has 40 heavy (non-hydrogen) atoms. The number of aliphatic hydroxyl groups is 1. The van der Waals surface area contributed by atoms with Crippen molar-refractivity contribution in [2.75, 3.05) is 7.11 Å². The maximum absolute atomic E-state index is 14.4. The van der Waals surface area contributed by atoms with Crippen molar-refractivity contribution >= 4 is 55.3 Å². The van der Waals surface area contributed by atoms with Gasteiger partial charge < -0.3 is 23.9 Å². The second-order valence-corrected chi connectivity index (χ2v) is 11.2. The van der Waals surface area contributed by atoms with Crippen LogP contribution in [0.3, 0.4) is 0 Å². The Kier molecular flexibility index (Phi) is 4.18. The fourth-order valence-electron chi connectivity index (χ4n) is 7.74. The SMILES string of the molecule is COc1ccc(CN2C(=O)c3c(c4c5ccccc5n5c4c4c3c3ccccc3n4C3CC(=O)C5C3)C2O)cc1. The number of ketones is 1. The molecule has 4 heterocycles. The Morgan fingerprint density at radius 3 is 2.23 bits per heavy atom. The predicted molar refractivity (Wildman–Crippen MR) is 153 cm³/mol. The summed E-state index contributed by atoms with van der Waals surface area (Å²) in [6.07, 6.45) is 0.0784. The van der Waals surface area contributed by atoms with Crippen LogP contribution >= 0.6 is 0 Å². The Labute approximate surface area is 228 Å². The van der Waals surface area contributed by atoms with Crippen molar-refractivity contribution in [3.8, 4) is 5.75 Å². The van der Waals surface area contributed by atoms with Crippen LogP contribution < -0.4 is 4.74 Å². The highest BCUT2D eigenvalue weighted by molar-refractivity contribution is 6.31. The third kappa shape index (κ3) is 2.54. The molecule has 2 bridgehead atoms. The molecule has 1 saturated carbocycles. The molecule has 2 aliphatic heterocycles. The summed E-state index contributed by atoms with van der Waals surface area (Å²) >= 11 is 0.